The van der Waals surface area contributed by atoms with E-state index in [1.807, 2.05) is 0 Å². The lowest BCUT2D eigenvalue weighted by molar-refractivity contribution is -0.0938. The molecule has 0 nitrogen and oxygen atoms in total. The van der Waals surface area contributed by atoms with Crippen LogP contribution in [0.3, 0.4) is 0 Å². The van der Waals surface area contributed by atoms with Gasteiger partial charge in [-0.05, 0) is 0 Å². The van der Waals surface area contributed by atoms with E-state index in [4.69, 9.17) is 0 Å². The summed E-state index contributed by atoms with van der Waals surface area (Å²) in [4.78, 5) is 0. The van der Waals surface area contributed by atoms with Crippen LogP contribution in [0.1, 0.15) is 0 Å². The first-order valence-corrected chi connectivity index (χ1v) is 3.14. The van der Waals surface area contributed by atoms with Crippen LogP contribution in [0.2, 0.25) is 0 Å². The van der Waals surface area contributed by atoms with E-state index in [1.54, 1.807) is 0 Å². The normalized spacial score (nSPS) is 18.9. The van der Waals surface area contributed by atoms with Crippen molar-refractivity contribution in [3.8, 4) is 0 Å². The third kappa shape index (κ3) is 1.42. The first-order chi connectivity index (χ1) is 6.30. The third-order valence-corrected chi connectivity index (χ3v) is 1.50. The Morgan fingerprint density at radius 3 is 1.93 bits per heavy atom. The first-order valence-electron chi connectivity index (χ1n) is 3.14. The summed E-state index contributed by atoms with van der Waals surface area (Å²) in [6.07, 6.45) is -6.11. The predicted octanol–water partition coefficient (Wildman–Crippen LogP) is 3.79. The van der Waals surface area contributed by atoms with Gasteiger partial charge < -0.3 is 0 Å². The van der Waals surface area contributed by atoms with Gasteiger partial charge in [-0.15, -0.1) is 0 Å². The lowest BCUT2D eigenvalue weighted by Crippen LogP contribution is -2.22. The summed E-state index contributed by atoms with van der Waals surface area (Å²) < 4.78 is 83.8. The topological polar surface area (TPSA) is 0 Å². The molecule has 0 N–H and O–H groups in total. The van der Waals surface area contributed by atoms with E-state index >= 15 is 0 Å². The van der Waals surface area contributed by atoms with E-state index in [2.05, 4.69) is 0 Å². The number of halogens is 7. The summed E-state index contributed by atoms with van der Waals surface area (Å²) in [5.41, 5.74) is -3.82. The molecular formula is C7HF7. The zero-order chi connectivity index (χ0) is 11.1. The maximum Gasteiger partial charge on any atom is 0.420 e. The van der Waals surface area contributed by atoms with Gasteiger partial charge in [0, 0.05) is 0 Å². The molecule has 1 aliphatic rings. The largest absolute Gasteiger partial charge is 0.420 e. The van der Waals surface area contributed by atoms with Gasteiger partial charge in [-0.3, -0.25) is 0 Å². The van der Waals surface area contributed by atoms with Crippen LogP contribution in [0.4, 0.5) is 30.7 Å². The summed E-state index contributed by atoms with van der Waals surface area (Å²) in [6.45, 7) is 0. The molecule has 14 heavy (non-hydrogen) atoms. The highest BCUT2D eigenvalue weighted by molar-refractivity contribution is 5.62. The number of alkyl halides is 3. The number of rotatable bonds is 1. The Morgan fingerprint density at radius 1 is 1.07 bits per heavy atom. The Hall–Kier alpha value is -1.27. The fourth-order valence-corrected chi connectivity index (χ4v) is 0.921. The van der Waals surface area contributed by atoms with Crippen molar-refractivity contribution in [3.05, 3.63) is 35.0 Å². The number of hydrogen-bond donors (Lipinski definition) is 0. The lowest BCUT2D eigenvalue weighted by atomic mass is 9.93. The van der Waals surface area contributed by atoms with Gasteiger partial charge in [0.15, 0.2) is 17.5 Å². The Labute approximate surface area is 73.0 Å². The minimum Gasteiger partial charge on any atom is -0.212 e. The Kier molecular flexibility index (Phi) is 2.43. The Bertz CT molecular complexity index is 349. The molecule has 1 aliphatic carbocycles. The van der Waals surface area contributed by atoms with E-state index in [0.717, 1.165) is 0 Å². The first kappa shape index (κ1) is 10.8. The van der Waals surface area contributed by atoms with Crippen molar-refractivity contribution in [2.75, 3.05) is 0 Å². The van der Waals surface area contributed by atoms with Crippen molar-refractivity contribution >= 4 is 0 Å². The summed E-state index contributed by atoms with van der Waals surface area (Å²) in [5, 5.41) is 0. The van der Waals surface area contributed by atoms with Crippen LogP contribution < -0.4 is 0 Å². The second-order valence-electron chi connectivity index (χ2n) is 2.33. The zero-order valence-corrected chi connectivity index (χ0v) is 6.22. The fraction of sp³-hybridized carbons (Fsp3) is 0.143. The molecule has 0 bridgehead atoms. The number of allylic oxidation sites excluding steroid dienone is 5. The van der Waals surface area contributed by atoms with Crippen LogP contribution in [0, 0.1) is 0 Å². The van der Waals surface area contributed by atoms with E-state index in [1.165, 1.54) is 0 Å². The fourth-order valence-electron chi connectivity index (χ4n) is 0.921. The molecule has 0 aromatic carbocycles. The molecule has 0 aliphatic heterocycles. The van der Waals surface area contributed by atoms with Gasteiger partial charge in [0.25, 0.3) is 0 Å². The van der Waals surface area contributed by atoms with Gasteiger partial charge in [-0.25, -0.2) is 17.6 Å². The standard InChI is InChI=1S/C7HF7/c8-1-2(9)3-4(7(12,13)14)6(11)5(3)10/h1H/b2-1-. The monoisotopic (exact) mass is 218 g/mol. The molecule has 0 aromatic heterocycles. The van der Waals surface area contributed by atoms with Crippen molar-refractivity contribution in [2.24, 2.45) is 0 Å². The summed E-state index contributed by atoms with van der Waals surface area (Å²) in [7, 11) is 0. The highest BCUT2D eigenvalue weighted by Crippen LogP contribution is 2.49. The van der Waals surface area contributed by atoms with Gasteiger partial charge in [0.1, 0.15) is 11.9 Å². The van der Waals surface area contributed by atoms with Crippen molar-refractivity contribution in [2.45, 2.75) is 6.18 Å². The molecule has 0 radical (unpaired) electrons. The van der Waals surface area contributed by atoms with Gasteiger partial charge in [-0.1, -0.05) is 0 Å². The van der Waals surface area contributed by atoms with Crippen LogP contribution in [0.25, 0.3) is 0 Å². The van der Waals surface area contributed by atoms with E-state index < -0.39 is 41.1 Å². The van der Waals surface area contributed by atoms with Crippen LogP contribution in [-0.2, 0) is 0 Å². The van der Waals surface area contributed by atoms with Crippen LogP contribution >= 0.6 is 0 Å². The van der Waals surface area contributed by atoms with Gasteiger partial charge >= 0.3 is 6.18 Å². The number of hydrogen-bond acceptors (Lipinski definition) is 0. The van der Waals surface area contributed by atoms with Crippen molar-refractivity contribution in [1.29, 1.82) is 0 Å². The molecule has 0 fully saturated rings. The third-order valence-electron chi connectivity index (χ3n) is 1.50. The highest BCUT2D eigenvalue weighted by Gasteiger charge is 2.49. The summed E-state index contributed by atoms with van der Waals surface area (Å²) in [6, 6.07) is 0. The molecule has 0 saturated carbocycles. The van der Waals surface area contributed by atoms with Crippen molar-refractivity contribution in [3.63, 3.8) is 0 Å². The quantitative estimate of drug-likeness (QED) is 0.587. The average Bonchev–Trinajstić information content (AvgIpc) is 2.09. The average molecular weight is 218 g/mol. The predicted molar refractivity (Wildman–Crippen MR) is 32.6 cm³/mol. The van der Waals surface area contributed by atoms with Gasteiger partial charge in [-0.2, -0.15) is 13.2 Å². The maximum atomic E-state index is 12.3. The van der Waals surface area contributed by atoms with E-state index in [0.29, 0.717) is 0 Å². The Morgan fingerprint density at radius 2 is 1.57 bits per heavy atom. The molecule has 0 spiro atoms. The van der Waals surface area contributed by atoms with Crippen molar-refractivity contribution < 1.29 is 30.7 Å². The van der Waals surface area contributed by atoms with Crippen LogP contribution in [-0.4, -0.2) is 6.18 Å². The molecule has 0 atom stereocenters. The molecule has 7 heteroatoms. The minimum absolute atomic E-state index is 0.868. The molecule has 78 valence electrons. The molecular weight excluding hydrogens is 217 g/mol. The molecule has 0 heterocycles. The second kappa shape index (κ2) is 3.14. The molecule has 0 unspecified atom stereocenters. The highest BCUT2D eigenvalue weighted by atomic mass is 19.4. The molecule has 1 rings (SSSR count). The van der Waals surface area contributed by atoms with Gasteiger partial charge in [0.2, 0.25) is 0 Å². The minimum atomic E-state index is -5.24. The van der Waals surface area contributed by atoms with E-state index in [-0.39, 0.29) is 0 Å². The lowest BCUT2D eigenvalue weighted by Gasteiger charge is -2.21. The SMILES string of the molecule is F/C=C(\F)C1=C(C(F)(F)F)C(F)=C1F. The second-order valence-corrected chi connectivity index (χ2v) is 2.33. The zero-order valence-electron chi connectivity index (χ0n) is 6.22. The summed E-state index contributed by atoms with van der Waals surface area (Å²) in [5.74, 6) is -6.32. The molecule has 0 saturated heterocycles. The Balaban J connectivity index is 3.19. The smallest absolute Gasteiger partial charge is 0.212 e. The van der Waals surface area contributed by atoms with Gasteiger partial charge in [0.05, 0.1) is 5.57 Å². The van der Waals surface area contributed by atoms with Crippen LogP contribution in [0.5, 0.6) is 0 Å². The maximum absolute atomic E-state index is 12.3. The van der Waals surface area contributed by atoms with Crippen LogP contribution in [0.15, 0.2) is 35.0 Å². The molecule has 0 amide bonds. The molecule has 0 aromatic rings. The van der Waals surface area contributed by atoms with Crippen molar-refractivity contribution in [1.82, 2.24) is 0 Å². The van der Waals surface area contributed by atoms with E-state index in [9.17, 15) is 30.7 Å². The summed E-state index contributed by atoms with van der Waals surface area (Å²) >= 11 is 0.